The van der Waals surface area contributed by atoms with Crippen LogP contribution in [0.25, 0.3) is 0 Å². The number of amides is 2. The summed E-state index contributed by atoms with van der Waals surface area (Å²) in [6, 6.07) is 29.2. The maximum absolute atomic E-state index is 14.6. The lowest BCUT2D eigenvalue weighted by Gasteiger charge is -2.35. The van der Waals surface area contributed by atoms with Crippen LogP contribution in [-0.4, -0.2) is 43.3 Å². The van der Waals surface area contributed by atoms with Crippen molar-refractivity contribution in [2.75, 3.05) is 10.8 Å². The van der Waals surface area contributed by atoms with Crippen LogP contribution in [0.4, 0.5) is 5.69 Å². The molecule has 0 aliphatic carbocycles. The first-order chi connectivity index (χ1) is 21.2. The maximum Gasteiger partial charge on any atom is 0.264 e. The van der Waals surface area contributed by atoms with E-state index in [1.807, 2.05) is 89.2 Å². The number of sulfonamides is 1. The first-order valence-electron chi connectivity index (χ1n) is 14.8. The molecular weight excluding hydrogens is 606 g/mol. The molecule has 236 valence electrons. The number of para-hydroxylation sites is 1. The van der Waals surface area contributed by atoms with Crippen molar-refractivity contribution in [1.82, 2.24) is 10.2 Å². The zero-order valence-electron chi connectivity index (χ0n) is 26.3. The molecule has 9 heteroatoms. The SMILES string of the molecule is Cc1ccc(S(=O)(=O)N(CC(=O)N(Cc2cccc(C)c2)[C@H](Cc2ccccc2)C(=O)NC(C)(C)C)c2ccccc2Cl)cc1. The third-order valence-corrected chi connectivity index (χ3v) is 9.31. The number of aryl methyl sites for hydroxylation is 2. The molecular formula is C36H40ClN3O4S. The predicted octanol–water partition coefficient (Wildman–Crippen LogP) is 6.71. The van der Waals surface area contributed by atoms with Crippen LogP contribution in [0, 0.1) is 13.8 Å². The number of nitrogens with zero attached hydrogens (tertiary/aromatic N) is 2. The van der Waals surface area contributed by atoms with E-state index < -0.39 is 34.1 Å². The first-order valence-corrected chi connectivity index (χ1v) is 16.6. The topological polar surface area (TPSA) is 86.8 Å². The summed E-state index contributed by atoms with van der Waals surface area (Å²) in [6.07, 6.45) is 0.233. The number of nitrogens with one attached hydrogen (secondary N) is 1. The molecule has 0 bridgehead atoms. The third-order valence-electron chi connectivity index (χ3n) is 7.21. The molecule has 0 unspecified atom stereocenters. The van der Waals surface area contributed by atoms with Crippen molar-refractivity contribution >= 4 is 39.1 Å². The van der Waals surface area contributed by atoms with E-state index in [0.29, 0.717) is 0 Å². The van der Waals surface area contributed by atoms with Crippen molar-refractivity contribution in [1.29, 1.82) is 0 Å². The second-order valence-electron chi connectivity index (χ2n) is 12.2. The second kappa shape index (κ2) is 14.3. The van der Waals surface area contributed by atoms with Gasteiger partial charge in [-0.25, -0.2) is 8.42 Å². The van der Waals surface area contributed by atoms with Gasteiger partial charge < -0.3 is 10.2 Å². The van der Waals surface area contributed by atoms with Gasteiger partial charge in [-0.2, -0.15) is 0 Å². The number of hydrogen-bond acceptors (Lipinski definition) is 4. The highest BCUT2D eigenvalue weighted by molar-refractivity contribution is 7.92. The fourth-order valence-electron chi connectivity index (χ4n) is 5.02. The van der Waals surface area contributed by atoms with Crippen LogP contribution in [0.15, 0.2) is 108 Å². The summed E-state index contributed by atoms with van der Waals surface area (Å²) in [5.74, 6) is -0.879. The molecule has 45 heavy (non-hydrogen) atoms. The minimum Gasteiger partial charge on any atom is -0.350 e. The summed E-state index contributed by atoms with van der Waals surface area (Å²) >= 11 is 6.55. The van der Waals surface area contributed by atoms with Crippen molar-refractivity contribution in [2.24, 2.45) is 0 Å². The lowest BCUT2D eigenvalue weighted by molar-refractivity contribution is -0.140. The number of carbonyl (C=O) groups excluding carboxylic acids is 2. The van der Waals surface area contributed by atoms with Crippen molar-refractivity contribution in [3.05, 3.63) is 130 Å². The second-order valence-corrected chi connectivity index (χ2v) is 14.5. The van der Waals surface area contributed by atoms with Crippen LogP contribution in [0.2, 0.25) is 5.02 Å². The molecule has 0 saturated carbocycles. The summed E-state index contributed by atoms with van der Waals surface area (Å²) in [5.41, 5.74) is 3.18. The van der Waals surface area contributed by atoms with E-state index in [9.17, 15) is 18.0 Å². The quantitative estimate of drug-likeness (QED) is 0.197. The lowest BCUT2D eigenvalue weighted by atomic mass is 10.0. The van der Waals surface area contributed by atoms with Crippen molar-refractivity contribution < 1.29 is 18.0 Å². The van der Waals surface area contributed by atoms with Crippen LogP contribution in [-0.2, 0) is 32.6 Å². The van der Waals surface area contributed by atoms with Crippen LogP contribution >= 0.6 is 11.6 Å². The highest BCUT2D eigenvalue weighted by Crippen LogP contribution is 2.31. The summed E-state index contributed by atoms with van der Waals surface area (Å²) in [7, 11) is -4.23. The minimum atomic E-state index is -4.23. The monoisotopic (exact) mass is 645 g/mol. The van der Waals surface area contributed by atoms with E-state index in [2.05, 4.69) is 5.32 Å². The van der Waals surface area contributed by atoms with Gasteiger partial charge in [0, 0.05) is 18.5 Å². The van der Waals surface area contributed by atoms with E-state index in [-0.39, 0.29) is 34.5 Å². The largest absolute Gasteiger partial charge is 0.350 e. The predicted molar refractivity (Wildman–Crippen MR) is 181 cm³/mol. The Kier molecular flexibility index (Phi) is 10.7. The van der Waals surface area contributed by atoms with Gasteiger partial charge in [-0.05, 0) is 70.0 Å². The molecule has 0 spiro atoms. The molecule has 0 radical (unpaired) electrons. The van der Waals surface area contributed by atoms with Gasteiger partial charge >= 0.3 is 0 Å². The fraction of sp³-hybridized carbons (Fsp3) is 0.278. The molecule has 0 heterocycles. The Bertz CT molecular complexity index is 1740. The smallest absolute Gasteiger partial charge is 0.264 e. The van der Waals surface area contributed by atoms with E-state index in [1.54, 1.807) is 36.4 Å². The Morgan fingerprint density at radius 1 is 0.800 bits per heavy atom. The van der Waals surface area contributed by atoms with E-state index in [1.165, 1.54) is 17.0 Å². The van der Waals surface area contributed by atoms with Gasteiger partial charge in [0.15, 0.2) is 0 Å². The Labute approximate surface area is 271 Å². The normalized spacial score (nSPS) is 12.3. The van der Waals surface area contributed by atoms with Crippen molar-refractivity contribution in [3.8, 4) is 0 Å². The molecule has 0 aromatic heterocycles. The van der Waals surface area contributed by atoms with Crippen LogP contribution in [0.1, 0.15) is 43.0 Å². The number of benzene rings is 4. The molecule has 0 saturated heterocycles. The van der Waals surface area contributed by atoms with Gasteiger partial charge in [-0.1, -0.05) is 102 Å². The highest BCUT2D eigenvalue weighted by Gasteiger charge is 2.36. The van der Waals surface area contributed by atoms with Gasteiger partial charge in [0.2, 0.25) is 11.8 Å². The lowest BCUT2D eigenvalue weighted by Crippen LogP contribution is -2.56. The minimum absolute atomic E-state index is 0.0253. The summed E-state index contributed by atoms with van der Waals surface area (Å²) in [6.45, 7) is 8.98. The highest BCUT2D eigenvalue weighted by atomic mass is 35.5. The number of carbonyl (C=O) groups is 2. The molecule has 1 atom stereocenters. The Morgan fingerprint density at radius 3 is 2.04 bits per heavy atom. The molecule has 2 amide bonds. The summed E-state index contributed by atoms with van der Waals surface area (Å²) in [5, 5.41) is 3.22. The van der Waals surface area contributed by atoms with Crippen LogP contribution in [0.3, 0.4) is 0 Å². The number of halogens is 1. The number of anilines is 1. The van der Waals surface area contributed by atoms with Gasteiger partial charge in [-0.15, -0.1) is 0 Å². The molecule has 4 aromatic rings. The van der Waals surface area contributed by atoms with E-state index in [4.69, 9.17) is 11.6 Å². The fourth-order valence-corrected chi connectivity index (χ4v) is 6.74. The molecule has 0 fully saturated rings. The molecule has 4 rings (SSSR count). The third kappa shape index (κ3) is 8.96. The molecule has 0 aliphatic heterocycles. The van der Waals surface area contributed by atoms with Crippen LogP contribution in [0.5, 0.6) is 0 Å². The summed E-state index contributed by atoms with van der Waals surface area (Å²) in [4.78, 5) is 30.0. The van der Waals surface area contributed by atoms with E-state index in [0.717, 1.165) is 26.6 Å². The van der Waals surface area contributed by atoms with Gasteiger partial charge in [0.05, 0.1) is 15.6 Å². The van der Waals surface area contributed by atoms with Crippen molar-refractivity contribution in [3.63, 3.8) is 0 Å². The zero-order chi connectivity index (χ0) is 32.8. The maximum atomic E-state index is 14.6. The van der Waals surface area contributed by atoms with Gasteiger partial charge in [0.25, 0.3) is 10.0 Å². The summed E-state index contributed by atoms with van der Waals surface area (Å²) < 4.78 is 29.3. The molecule has 1 N–H and O–H groups in total. The van der Waals surface area contributed by atoms with Gasteiger partial charge in [0.1, 0.15) is 12.6 Å². The Morgan fingerprint density at radius 2 is 1.42 bits per heavy atom. The first kappa shape index (κ1) is 33.7. The Balaban J connectivity index is 1.83. The van der Waals surface area contributed by atoms with E-state index >= 15 is 0 Å². The number of rotatable bonds is 11. The molecule has 4 aromatic carbocycles. The molecule has 0 aliphatic rings. The standard InChI is InChI=1S/C36H40ClN3O4S/c1-26-18-20-30(21-19-26)45(43,44)40(32-17-10-9-16-31(32)37)25-34(41)39(24-29-15-11-12-27(2)22-29)33(35(42)38-36(3,4)5)23-28-13-7-6-8-14-28/h6-22,33H,23-25H2,1-5H3,(H,38,42)/t33-/m1/s1. The number of hydrogen-bond donors (Lipinski definition) is 1. The Hall–Kier alpha value is -4.14. The average Bonchev–Trinajstić information content (AvgIpc) is 2.98. The molecule has 7 nitrogen and oxygen atoms in total. The van der Waals surface area contributed by atoms with Crippen LogP contribution < -0.4 is 9.62 Å². The van der Waals surface area contributed by atoms with Crippen molar-refractivity contribution in [2.45, 2.75) is 64.1 Å². The average molecular weight is 646 g/mol. The zero-order valence-corrected chi connectivity index (χ0v) is 27.9. The van der Waals surface area contributed by atoms with Gasteiger partial charge in [-0.3, -0.25) is 13.9 Å².